The molecule has 5 rings (SSSR count). The number of hydrogen-bond donors (Lipinski definition) is 2. The van der Waals surface area contributed by atoms with Crippen LogP contribution in [0.25, 0.3) is 21.6 Å². The summed E-state index contributed by atoms with van der Waals surface area (Å²) in [7, 11) is 3.17. The van der Waals surface area contributed by atoms with Crippen LogP contribution in [0.3, 0.4) is 0 Å². The summed E-state index contributed by atoms with van der Waals surface area (Å²) in [5, 5.41) is 16.8. The van der Waals surface area contributed by atoms with Crippen LogP contribution in [0.15, 0.2) is 64.2 Å². The summed E-state index contributed by atoms with van der Waals surface area (Å²) < 4.78 is 7.77. The van der Waals surface area contributed by atoms with Gasteiger partial charge in [0, 0.05) is 19.2 Å². The summed E-state index contributed by atoms with van der Waals surface area (Å²) in [5.74, 6) is 0.894. The topological polar surface area (TPSA) is 137 Å². The Balaban J connectivity index is 1.40. The highest BCUT2D eigenvalue weighted by molar-refractivity contribution is 7.20. The molecule has 0 radical (unpaired) electrons. The molecule has 5 aromatic rings. The van der Waals surface area contributed by atoms with Crippen molar-refractivity contribution in [1.82, 2.24) is 35.1 Å². The molecule has 0 bridgehead atoms. The molecule has 0 atom stereocenters. The predicted molar refractivity (Wildman–Crippen MR) is 134 cm³/mol. The molecule has 11 nitrogen and oxygen atoms in total. The third-order valence-corrected chi connectivity index (χ3v) is 6.95. The molecule has 0 fully saturated rings. The summed E-state index contributed by atoms with van der Waals surface area (Å²) in [4.78, 5) is 39.8. The second-order valence-electron chi connectivity index (χ2n) is 8.04. The Morgan fingerprint density at radius 2 is 1.92 bits per heavy atom. The number of carbonyl (C=O) groups is 1. The molecule has 0 aliphatic rings. The predicted octanol–water partition coefficient (Wildman–Crippen LogP) is 1.93. The lowest BCUT2D eigenvalue weighted by molar-refractivity contribution is 0.0955. The number of H-pyrrole nitrogens is 1. The number of thiophene rings is 1. The summed E-state index contributed by atoms with van der Waals surface area (Å²) in [6.45, 7) is 0.386. The van der Waals surface area contributed by atoms with Crippen molar-refractivity contribution < 1.29 is 9.53 Å². The summed E-state index contributed by atoms with van der Waals surface area (Å²) in [5.41, 5.74) is 1.52. The van der Waals surface area contributed by atoms with Gasteiger partial charge in [-0.2, -0.15) is 0 Å². The van der Waals surface area contributed by atoms with E-state index < -0.39 is 11.2 Å². The Hall–Kier alpha value is -4.58. The zero-order chi connectivity index (χ0) is 25.2. The van der Waals surface area contributed by atoms with Crippen LogP contribution >= 0.6 is 11.3 Å². The van der Waals surface area contributed by atoms with Gasteiger partial charge in [-0.05, 0) is 39.8 Å². The number of aromatic nitrogens is 6. The smallest absolute Gasteiger partial charge is 0.332 e. The number of aryl methyl sites for hydroxylation is 1. The molecule has 2 aromatic carbocycles. The molecule has 36 heavy (non-hydrogen) atoms. The SMILES string of the molecule is COc1cccc(CNC(=O)c2cc3c(=O)n(Cc4ccc(-c5nnn[nH]5)cc4)c(=O)n(C)c3s2)c1. The zero-order valence-electron chi connectivity index (χ0n) is 19.4. The number of benzene rings is 2. The zero-order valence-corrected chi connectivity index (χ0v) is 20.2. The van der Waals surface area contributed by atoms with Crippen LogP contribution in [-0.2, 0) is 20.1 Å². The van der Waals surface area contributed by atoms with E-state index in [1.165, 1.54) is 4.57 Å². The van der Waals surface area contributed by atoms with Gasteiger partial charge in [0.1, 0.15) is 10.6 Å². The van der Waals surface area contributed by atoms with Gasteiger partial charge in [-0.15, -0.1) is 16.4 Å². The third kappa shape index (κ3) is 4.41. The van der Waals surface area contributed by atoms with Gasteiger partial charge < -0.3 is 10.1 Å². The van der Waals surface area contributed by atoms with Gasteiger partial charge in [0.2, 0.25) is 0 Å². The van der Waals surface area contributed by atoms with Crippen molar-refractivity contribution in [3.05, 3.63) is 91.4 Å². The second kappa shape index (κ2) is 9.58. The van der Waals surface area contributed by atoms with Gasteiger partial charge in [0.05, 0.1) is 23.9 Å². The number of nitrogens with zero attached hydrogens (tertiary/aromatic N) is 5. The number of carbonyl (C=O) groups excluding carboxylic acids is 1. The molecule has 3 heterocycles. The molecule has 0 saturated heterocycles. The lowest BCUT2D eigenvalue weighted by Crippen LogP contribution is -2.38. The first-order valence-corrected chi connectivity index (χ1v) is 11.7. The summed E-state index contributed by atoms with van der Waals surface area (Å²) in [6.07, 6.45) is 0. The lowest BCUT2D eigenvalue weighted by Gasteiger charge is -2.08. The van der Waals surface area contributed by atoms with E-state index in [0.29, 0.717) is 33.2 Å². The largest absolute Gasteiger partial charge is 0.497 e. The highest BCUT2D eigenvalue weighted by Crippen LogP contribution is 2.22. The molecule has 12 heteroatoms. The molecule has 182 valence electrons. The molecule has 2 N–H and O–H groups in total. The number of aromatic amines is 1. The van der Waals surface area contributed by atoms with Crippen LogP contribution < -0.4 is 21.3 Å². The number of nitrogens with one attached hydrogen (secondary N) is 2. The molecule has 1 amide bonds. The molecule has 0 saturated carbocycles. The molecular formula is C24H21N7O4S. The van der Waals surface area contributed by atoms with Crippen molar-refractivity contribution in [3.63, 3.8) is 0 Å². The Morgan fingerprint density at radius 3 is 2.64 bits per heavy atom. The fourth-order valence-electron chi connectivity index (χ4n) is 3.82. The van der Waals surface area contributed by atoms with Crippen molar-refractivity contribution in [2.45, 2.75) is 13.1 Å². The van der Waals surface area contributed by atoms with E-state index in [-0.39, 0.29) is 12.5 Å². The van der Waals surface area contributed by atoms with Gasteiger partial charge >= 0.3 is 5.69 Å². The number of amides is 1. The van der Waals surface area contributed by atoms with Crippen molar-refractivity contribution in [2.24, 2.45) is 7.05 Å². The number of methoxy groups -OCH3 is 1. The van der Waals surface area contributed by atoms with Gasteiger partial charge in [-0.1, -0.05) is 36.4 Å². The minimum atomic E-state index is -0.457. The first kappa shape index (κ1) is 23.2. The Bertz CT molecular complexity index is 1670. The maximum Gasteiger partial charge on any atom is 0.332 e. The number of rotatable bonds is 7. The highest BCUT2D eigenvalue weighted by atomic mass is 32.1. The van der Waals surface area contributed by atoms with Crippen LogP contribution in [0.5, 0.6) is 5.75 Å². The molecular weight excluding hydrogens is 482 g/mol. The standard InChI is InChI=1S/C24H21N7O4S/c1-30-23-18(11-19(36-23)21(32)25-12-15-4-3-5-17(10-15)35-2)22(33)31(24(30)34)13-14-6-8-16(9-7-14)20-26-28-29-27-20/h3-11H,12-13H2,1-2H3,(H,25,32)(H,26,27,28,29). The monoisotopic (exact) mass is 503 g/mol. The fraction of sp³-hybridized carbons (Fsp3) is 0.167. The van der Waals surface area contributed by atoms with E-state index in [4.69, 9.17) is 4.74 Å². The lowest BCUT2D eigenvalue weighted by atomic mass is 10.1. The molecule has 0 aliphatic carbocycles. The van der Waals surface area contributed by atoms with Crippen molar-refractivity contribution in [2.75, 3.05) is 7.11 Å². The van der Waals surface area contributed by atoms with Crippen LogP contribution in [0.4, 0.5) is 0 Å². The molecule has 0 unspecified atom stereocenters. The van der Waals surface area contributed by atoms with Crippen molar-refractivity contribution in [3.8, 4) is 17.1 Å². The van der Waals surface area contributed by atoms with Crippen LogP contribution in [0, 0.1) is 0 Å². The van der Waals surface area contributed by atoms with Crippen molar-refractivity contribution in [1.29, 1.82) is 0 Å². The third-order valence-electron chi connectivity index (χ3n) is 5.73. The van der Waals surface area contributed by atoms with E-state index in [2.05, 4.69) is 25.9 Å². The van der Waals surface area contributed by atoms with Crippen LogP contribution in [0.1, 0.15) is 20.8 Å². The van der Waals surface area contributed by atoms with Gasteiger partial charge in [-0.3, -0.25) is 18.7 Å². The fourth-order valence-corrected chi connectivity index (χ4v) is 4.84. The first-order chi connectivity index (χ1) is 17.4. The molecule has 0 aliphatic heterocycles. The van der Waals surface area contributed by atoms with Crippen LogP contribution in [0.2, 0.25) is 0 Å². The Labute approximate surface area is 208 Å². The maximum absolute atomic E-state index is 13.2. The van der Waals surface area contributed by atoms with Gasteiger partial charge in [0.15, 0.2) is 5.82 Å². The molecule has 3 aromatic heterocycles. The summed E-state index contributed by atoms with van der Waals surface area (Å²) >= 11 is 1.11. The Kier molecular flexibility index (Phi) is 6.17. The van der Waals surface area contributed by atoms with E-state index in [0.717, 1.165) is 32.6 Å². The van der Waals surface area contributed by atoms with E-state index in [9.17, 15) is 14.4 Å². The second-order valence-corrected chi connectivity index (χ2v) is 9.07. The molecule has 0 spiro atoms. The Morgan fingerprint density at radius 1 is 1.11 bits per heavy atom. The number of hydrogen-bond acceptors (Lipinski definition) is 8. The normalized spacial score (nSPS) is 11.1. The van der Waals surface area contributed by atoms with Crippen molar-refractivity contribution >= 4 is 27.5 Å². The van der Waals surface area contributed by atoms with Gasteiger partial charge in [-0.25, -0.2) is 9.89 Å². The average molecular weight is 504 g/mol. The quantitative estimate of drug-likeness (QED) is 0.346. The number of ether oxygens (including phenoxy) is 1. The highest BCUT2D eigenvalue weighted by Gasteiger charge is 2.18. The summed E-state index contributed by atoms with van der Waals surface area (Å²) in [6, 6.07) is 16.1. The average Bonchev–Trinajstić information content (AvgIpc) is 3.60. The minimum absolute atomic E-state index is 0.0869. The first-order valence-electron chi connectivity index (χ1n) is 10.9. The van der Waals surface area contributed by atoms with E-state index >= 15 is 0 Å². The van der Waals surface area contributed by atoms with Gasteiger partial charge in [0.25, 0.3) is 11.5 Å². The minimum Gasteiger partial charge on any atom is -0.497 e. The number of tetrazole rings is 1. The maximum atomic E-state index is 13.2. The van der Waals surface area contributed by atoms with E-state index in [1.54, 1.807) is 44.5 Å². The van der Waals surface area contributed by atoms with Crippen LogP contribution in [-0.4, -0.2) is 42.8 Å². The number of fused-ring (bicyclic) bond motifs is 1. The van der Waals surface area contributed by atoms with E-state index in [1.807, 2.05) is 24.3 Å².